The van der Waals surface area contributed by atoms with E-state index < -0.39 is 0 Å². The number of fused-ring (bicyclic) bond motifs is 1. The quantitative estimate of drug-likeness (QED) is 0.667. The van der Waals surface area contributed by atoms with Crippen molar-refractivity contribution >= 4 is 11.6 Å². The molecule has 67 valence electrons. The Labute approximate surface area is 83.0 Å². The van der Waals surface area contributed by atoms with Gasteiger partial charge in [-0.15, -0.1) is 0 Å². The number of allylic oxidation sites excluding steroid dienone is 2. The molecule has 0 aliphatic heterocycles. The topological polar surface area (TPSA) is 9.23 Å². The molecular weight excluding hydrogens is 184 g/mol. The molecule has 0 spiro atoms. The third-order valence-electron chi connectivity index (χ3n) is 2.24. The van der Waals surface area contributed by atoms with E-state index in [1.165, 1.54) is 11.1 Å². The van der Waals surface area contributed by atoms with Crippen LogP contribution in [0.5, 0.6) is 0 Å². The van der Waals surface area contributed by atoms with Crippen LogP contribution in [0.15, 0.2) is 24.0 Å². The van der Waals surface area contributed by atoms with Crippen molar-refractivity contribution in [1.82, 2.24) is 0 Å². The second-order valence-electron chi connectivity index (χ2n) is 3.07. The Hall–Kier alpha value is -0.950. The lowest BCUT2D eigenvalue weighted by atomic mass is 9.96. The van der Waals surface area contributed by atoms with Gasteiger partial charge in [-0.3, -0.25) is 0 Å². The van der Waals surface area contributed by atoms with Gasteiger partial charge in [-0.25, -0.2) is 0 Å². The van der Waals surface area contributed by atoms with Gasteiger partial charge in [0.05, 0.1) is 7.11 Å². The van der Waals surface area contributed by atoms with Crippen molar-refractivity contribution in [3.8, 4) is 0 Å². The third-order valence-corrected chi connectivity index (χ3v) is 2.48. The first-order valence-corrected chi connectivity index (χ1v) is 4.58. The maximum absolute atomic E-state index is 5.88. The predicted molar refractivity (Wildman–Crippen MR) is 52.6 cm³/mol. The Balaban J connectivity index is 2.33. The van der Waals surface area contributed by atoms with E-state index >= 15 is 0 Å². The molecule has 1 aromatic carbocycles. The van der Waals surface area contributed by atoms with Crippen LogP contribution in [0, 0.1) is 6.08 Å². The van der Waals surface area contributed by atoms with Gasteiger partial charge in [0.2, 0.25) is 0 Å². The van der Waals surface area contributed by atoms with Gasteiger partial charge in [0.25, 0.3) is 0 Å². The molecule has 1 radical (unpaired) electrons. The van der Waals surface area contributed by atoms with Crippen molar-refractivity contribution in [1.29, 1.82) is 0 Å². The molecule has 0 bridgehead atoms. The summed E-state index contributed by atoms with van der Waals surface area (Å²) in [5.41, 5.74) is 2.55. The average Bonchev–Trinajstić information content (AvgIpc) is 2.17. The molecule has 1 aliphatic rings. The van der Waals surface area contributed by atoms with E-state index in [2.05, 4.69) is 12.1 Å². The molecule has 0 saturated heterocycles. The fourth-order valence-electron chi connectivity index (χ4n) is 1.51. The van der Waals surface area contributed by atoms with Crippen molar-refractivity contribution in [3.05, 3.63) is 46.2 Å². The maximum atomic E-state index is 5.88. The average molecular weight is 194 g/mol. The molecule has 0 aromatic heterocycles. The lowest BCUT2D eigenvalue weighted by Crippen LogP contribution is -2.04. The van der Waals surface area contributed by atoms with Crippen LogP contribution in [-0.2, 0) is 17.6 Å². The van der Waals surface area contributed by atoms with E-state index in [9.17, 15) is 0 Å². The van der Waals surface area contributed by atoms with Crippen LogP contribution in [0.25, 0.3) is 0 Å². The van der Waals surface area contributed by atoms with E-state index in [4.69, 9.17) is 16.3 Å². The Morgan fingerprint density at radius 3 is 3.00 bits per heavy atom. The zero-order valence-corrected chi connectivity index (χ0v) is 8.19. The normalized spacial score (nSPS) is 14.8. The molecule has 0 saturated carbocycles. The molecule has 0 unspecified atom stereocenters. The molecule has 1 aromatic rings. The molecule has 2 rings (SSSR count). The third kappa shape index (κ3) is 1.70. The molecule has 0 heterocycles. The van der Waals surface area contributed by atoms with E-state index in [1.807, 2.05) is 12.1 Å². The minimum Gasteiger partial charge on any atom is -0.500 e. The van der Waals surface area contributed by atoms with E-state index in [0.29, 0.717) is 0 Å². The van der Waals surface area contributed by atoms with Gasteiger partial charge < -0.3 is 4.74 Å². The molecule has 0 N–H and O–H groups in total. The van der Waals surface area contributed by atoms with Gasteiger partial charge in [0, 0.05) is 23.9 Å². The highest BCUT2D eigenvalue weighted by atomic mass is 35.5. The largest absolute Gasteiger partial charge is 0.500 e. The summed E-state index contributed by atoms with van der Waals surface area (Å²) in [6.07, 6.45) is 4.83. The highest BCUT2D eigenvalue weighted by Gasteiger charge is 2.11. The van der Waals surface area contributed by atoms with Gasteiger partial charge in [0.15, 0.2) is 0 Å². The zero-order chi connectivity index (χ0) is 9.26. The van der Waals surface area contributed by atoms with Crippen molar-refractivity contribution in [2.24, 2.45) is 0 Å². The van der Waals surface area contributed by atoms with Crippen LogP contribution in [0.1, 0.15) is 11.1 Å². The minimum absolute atomic E-state index is 0.793. The van der Waals surface area contributed by atoms with E-state index in [-0.39, 0.29) is 0 Å². The lowest BCUT2D eigenvalue weighted by molar-refractivity contribution is 0.277. The molecule has 0 fully saturated rings. The van der Waals surface area contributed by atoms with Crippen molar-refractivity contribution in [3.63, 3.8) is 0 Å². The predicted octanol–water partition coefficient (Wildman–Crippen LogP) is 2.77. The van der Waals surface area contributed by atoms with Crippen LogP contribution in [0.4, 0.5) is 0 Å². The van der Waals surface area contributed by atoms with Gasteiger partial charge in [-0.05, 0) is 23.3 Å². The Kier molecular flexibility index (Phi) is 2.28. The first-order chi connectivity index (χ1) is 6.29. The number of hydrogen-bond acceptors (Lipinski definition) is 1. The Morgan fingerprint density at radius 2 is 2.23 bits per heavy atom. The molecule has 0 atom stereocenters. The Morgan fingerprint density at radius 1 is 1.38 bits per heavy atom. The highest BCUT2D eigenvalue weighted by molar-refractivity contribution is 6.30. The summed E-state index contributed by atoms with van der Waals surface area (Å²) >= 11 is 5.88. The highest BCUT2D eigenvalue weighted by Crippen LogP contribution is 2.23. The number of benzene rings is 1. The fourth-order valence-corrected chi connectivity index (χ4v) is 1.70. The van der Waals surface area contributed by atoms with Crippen LogP contribution in [0.2, 0.25) is 5.02 Å². The van der Waals surface area contributed by atoms with Crippen LogP contribution >= 0.6 is 11.6 Å². The van der Waals surface area contributed by atoms with Crippen molar-refractivity contribution in [2.75, 3.05) is 7.11 Å². The van der Waals surface area contributed by atoms with E-state index in [1.54, 1.807) is 7.11 Å². The SMILES string of the molecule is COC1=[C]Cc2cc(Cl)ccc2C1. The number of halogens is 1. The summed E-state index contributed by atoms with van der Waals surface area (Å²) in [5, 5.41) is 0.793. The lowest BCUT2D eigenvalue weighted by Gasteiger charge is -2.15. The second kappa shape index (κ2) is 3.43. The summed E-state index contributed by atoms with van der Waals surface area (Å²) in [7, 11) is 1.68. The number of methoxy groups -OCH3 is 1. The molecule has 13 heavy (non-hydrogen) atoms. The summed E-state index contributed by atoms with van der Waals surface area (Å²) in [5.74, 6) is 0.926. The maximum Gasteiger partial charge on any atom is 0.104 e. The minimum atomic E-state index is 0.793. The second-order valence-corrected chi connectivity index (χ2v) is 3.51. The number of hydrogen-bond donors (Lipinski definition) is 0. The molecule has 0 amide bonds. The van der Waals surface area contributed by atoms with Gasteiger partial charge in [-0.2, -0.15) is 0 Å². The van der Waals surface area contributed by atoms with Gasteiger partial charge in [0.1, 0.15) is 5.76 Å². The van der Waals surface area contributed by atoms with Gasteiger partial charge >= 0.3 is 0 Å². The van der Waals surface area contributed by atoms with Crippen LogP contribution in [-0.4, -0.2) is 7.11 Å². The van der Waals surface area contributed by atoms with Crippen LogP contribution < -0.4 is 0 Å². The summed E-state index contributed by atoms with van der Waals surface area (Å²) in [6.45, 7) is 0. The van der Waals surface area contributed by atoms with Crippen molar-refractivity contribution < 1.29 is 4.74 Å². The number of rotatable bonds is 1. The van der Waals surface area contributed by atoms with Gasteiger partial charge in [-0.1, -0.05) is 17.7 Å². The molecular formula is C11H10ClO. The first-order valence-electron chi connectivity index (χ1n) is 4.20. The fraction of sp³-hybridized carbons (Fsp3) is 0.273. The summed E-state index contributed by atoms with van der Waals surface area (Å²) < 4.78 is 5.15. The summed E-state index contributed by atoms with van der Waals surface area (Å²) in [4.78, 5) is 0. The smallest absolute Gasteiger partial charge is 0.104 e. The monoisotopic (exact) mass is 193 g/mol. The zero-order valence-electron chi connectivity index (χ0n) is 7.43. The van der Waals surface area contributed by atoms with E-state index in [0.717, 1.165) is 23.6 Å². The Bertz CT molecular complexity index is 355. The summed E-state index contributed by atoms with van der Waals surface area (Å²) in [6, 6.07) is 5.97. The molecule has 1 aliphatic carbocycles. The first kappa shape index (κ1) is 8.64. The van der Waals surface area contributed by atoms with Crippen molar-refractivity contribution in [2.45, 2.75) is 12.8 Å². The standard InChI is InChI=1S/C11H10ClO/c1-13-11-5-3-8-6-10(12)4-2-9(8)7-11/h2,4,6H,3,7H2,1H3. The molecule has 2 heteroatoms. The van der Waals surface area contributed by atoms with Crippen LogP contribution in [0.3, 0.4) is 0 Å². The molecule has 1 nitrogen and oxygen atoms in total. The number of ether oxygens (including phenoxy) is 1.